The lowest BCUT2D eigenvalue weighted by Crippen LogP contribution is -2.46. The van der Waals surface area contributed by atoms with Crippen LogP contribution in [-0.2, 0) is 4.74 Å². The van der Waals surface area contributed by atoms with Gasteiger partial charge in [-0.05, 0) is 39.7 Å². The van der Waals surface area contributed by atoms with Crippen LogP contribution in [0.2, 0.25) is 0 Å². The molecule has 0 spiro atoms. The van der Waals surface area contributed by atoms with Crippen molar-refractivity contribution < 1.29 is 14.3 Å². The molecule has 1 amide bonds. The summed E-state index contributed by atoms with van der Waals surface area (Å²) in [6, 6.07) is 4.07. The van der Waals surface area contributed by atoms with E-state index in [-0.39, 0.29) is 12.1 Å². The Hall–Kier alpha value is -1.98. The molecule has 0 radical (unpaired) electrons. The first-order valence-corrected chi connectivity index (χ1v) is 7.62. The number of carbonyl (C=O) groups excluding carboxylic acids is 1. The number of hydrogen-bond donors (Lipinski definition) is 1. The molecular weight excluding hydrogens is 282 g/mol. The summed E-state index contributed by atoms with van der Waals surface area (Å²) in [6.07, 6.45) is 3.20. The molecule has 0 atom stereocenters. The van der Waals surface area contributed by atoms with E-state index in [1.165, 1.54) is 0 Å². The number of aromatic nitrogens is 1. The number of alkyl carbamates (subject to hydrolysis) is 1. The summed E-state index contributed by atoms with van der Waals surface area (Å²) in [5.41, 5.74) is 0.640. The standard InChI is InChI=1S/C16H25N3O3/c1-16(2,3)22-15(20)18-12-6-9-19(10-7-12)13-5-8-17-14(11-13)21-4/h5,8,11-12H,6-7,9-10H2,1-4H3,(H,18,20). The zero-order valence-corrected chi connectivity index (χ0v) is 13.8. The fourth-order valence-corrected chi connectivity index (χ4v) is 2.46. The van der Waals surface area contributed by atoms with Crippen LogP contribution in [0.25, 0.3) is 0 Å². The monoisotopic (exact) mass is 307 g/mol. The largest absolute Gasteiger partial charge is 0.481 e. The van der Waals surface area contributed by atoms with Gasteiger partial charge in [-0.2, -0.15) is 0 Å². The Kier molecular flexibility index (Phi) is 5.11. The van der Waals surface area contributed by atoms with Crippen LogP contribution in [0.4, 0.5) is 10.5 Å². The summed E-state index contributed by atoms with van der Waals surface area (Å²) in [6.45, 7) is 7.37. The van der Waals surface area contributed by atoms with Gasteiger partial charge >= 0.3 is 6.09 Å². The molecule has 1 saturated heterocycles. The number of pyridine rings is 1. The third-order valence-corrected chi connectivity index (χ3v) is 3.51. The Morgan fingerprint density at radius 1 is 1.36 bits per heavy atom. The fraction of sp³-hybridized carbons (Fsp3) is 0.625. The molecule has 1 aliphatic rings. The lowest BCUT2D eigenvalue weighted by atomic mass is 10.0. The maximum absolute atomic E-state index is 11.8. The topological polar surface area (TPSA) is 63.7 Å². The van der Waals surface area contributed by atoms with E-state index in [0.717, 1.165) is 31.6 Å². The van der Waals surface area contributed by atoms with Gasteiger partial charge in [-0.15, -0.1) is 0 Å². The van der Waals surface area contributed by atoms with Crippen LogP contribution in [0.5, 0.6) is 5.88 Å². The highest BCUT2D eigenvalue weighted by atomic mass is 16.6. The Bertz CT molecular complexity index is 506. The van der Waals surface area contributed by atoms with Crippen LogP contribution in [0, 0.1) is 0 Å². The van der Waals surface area contributed by atoms with Crippen LogP contribution in [-0.4, -0.2) is 42.9 Å². The SMILES string of the molecule is COc1cc(N2CCC(NC(=O)OC(C)(C)C)CC2)ccn1. The number of amides is 1. The molecule has 1 aliphatic heterocycles. The Morgan fingerprint density at radius 3 is 2.64 bits per heavy atom. The minimum absolute atomic E-state index is 0.162. The van der Waals surface area contributed by atoms with E-state index in [1.807, 2.05) is 32.9 Å². The van der Waals surface area contributed by atoms with Gasteiger partial charge in [0.2, 0.25) is 5.88 Å². The van der Waals surface area contributed by atoms with Gasteiger partial charge in [0.05, 0.1) is 7.11 Å². The fourth-order valence-electron chi connectivity index (χ4n) is 2.46. The predicted molar refractivity (Wildman–Crippen MR) is 85.4 cm³/mol. The molecule has 0 unspecified atom stereocenters. The van der Waals surface area contributed by atoms with E-state index in [2.05, 4.69) is 15.2 Å². The smallest absolute Gasteiger partial charge is 0.407 e. The number of ether oxygens (including phenoxy) is 2. The average molecular weight is 307 g/mol. The molecule has 6 nitrogen and oxygen atoms in total. The third-order valence-electron chi connectivity index (χ3n) is 3.51. The van der Waals surface area contributed by atoms with Crippen LogP contribution >= 0.6 is 0 Å². The Morgan fingerprint density at radius 2 is 2.05 bits per heavy atom. The van der Waals surface area contributed by atoms with E-state index < -0.39 is 5.60 Å². The quantitative estimate of drug-likeness (QED) is 0.930. The van der Waals surface area contributed by atoms with Crippen molar-refractivity contribution in [2.24, 2.45) is 0 Å². The molecule has 1 fully saturated rings. The first-order chi connectivity index (χ1) is 10.4. The van der Waals surface area contributed by atoms with E-state index in [1.54, 1.807) is 13.3 Å². The lowest BCUT2D eigenvalue weighted by Gasteiger charge is -2.34. The summed E-state index contributed by atoms with van der Waals surface area (Å²) >= 11 is 0. The first-order valence-electron chi connectivity index (χ1n) is 7.62. The second kappa shape index (κ2) is 6.85. The van der Waals surface area contributed by atoms with Crippen LogP contribution in [0.1, 0.15) is 33.6 Å². The van der Waals surface area contributed by atoms with Gasteiger partial charge in [0.25, 0.3) is 0 Å². The van der Waals surface area contributed by atoms with Crippen molar-refractivity contribution in [2.45, 2.75) is 45.3 Å². The van der Waals surface area contributed by atoms with Crippen molar-refractivity contribution in [1.82, 2.24) is 10.3 Å². The second-order valence-electron chi connectivity index (χ2n) is 6.46. The minimum atomic E-state index is -0.460. The van der Waals surface area contributed by atoms with Gasteiger partial charge in [-0.25, -0.2) is 9.78 Å². The Balaban J connectivity index is 1.84. The maximum atomic E-state index is 11.8. The molecule has 2 heterocycles. The number of rotatable bonds is 3. The van der Waals surface area contributed by atoms with Gasteiger partial charge in [0, 0.05) is 37.1 Å². The van der Waals surface area contributed by atoms with Crippen molar-refractivity contribution in [1.29, 1.82) is 0 Å². The van der Waals surface area contributed by atoms with E-state index in [9.17, 15) is 4.79 Å². The molecule has 122 valence electrons. The molecule has 0 bridgehead atoms. The number of piperidine rings is 1. The van der Waals surface area contributed by atoms with Gasteiger partial charge in [-0.1, -0.05) is 0 Å². The number of nitrogens with one attached hydrogen (secondary N) is 1. The number of hydrogen-bond acceptors (Lipinski definition) is 5. The average Bonchev–Trinajstić information content (AvgIpc) is 2.46. The van der Waals surface area contributed by atoms with Gasteiger partial charge < -0.3 is 19.7 Å². The van der Waals surface area contributed by atoms with Gasteiger partial charge in [0.1, 0.15) is 5.60 Å². The zero-order chi connectivity index (χ0) is 16.2. The van der Waals surface area contributed by atoms with E-state index in [4.69, 9.17) is 9.47 Å². The first kappa shape index (κ1) is 16.4. The van der Waals surface area contributed by atoms with Crippen molar-refractivity contribution in [3.05, 3.63) is 18.3 Å². The van der Waals surface area contributed by atoms with Gasteiger partial charge in [0.15, 0.2) is 0 Å². The highest BCUT2D eigenvalue weighted by Crippen LogP contribution is 2.22. The number of methoxy groups -OCH3 is 1. The summed E-state index contributed by atoms with van der Waals surface area (Å²) in [4.78, 5) is 18.2. The summed E-state index contributed by atoms with van der Waals surface area (Å²) in [5, 5.41) is 2.95. The summed E-state index contributed by atoms with van der Waals surface area (Å²) in [7, 11) is 1.61. The highest BCUT2D eigenvalue weighted by Gasteiger charge is 2.23. The number of carbonyl (C=O) groups is 1. The second-order valence-corrected chi connectivity index (χ2v) is 6.46. The highest BCUT2D eigenvalue weighted by molar-refractivity contribution is 5.68. The molecule has 0 aromatic carbocycles. The molecule has 0 aliphatic carbocycles. The molecule has 0 saturated carbocycles. The Labute approximate surface area is 131 Å². The van der Waals surface area contributed by atoms with Crippen LogP contribution in [0.15, 0.2) is 18.3 Å². The molecule has 1 N–H and O–H groups in total. The van der Waals surface area contributed by atoms with Gasteiger partial charge in [-0.3, -0.25) is 0 Å². The minimum Gasteiger partial charge on any atom is -0.481 e. The van der Waals surface area contributed by atoms with Crippen LogP contribution in [0.3, 0.4) is 0 Å². The maximum Gasteiger partial charge on any atom is 0.407 e. The summed E-state index contributed by atoms with van der Waals surface area (Å²) < 4.78 is 10.4. The normalized spacial score (nSPS) is 16.3. The molecule has 22 heavy (non-hydrogen) atoms. The van der Waals surface area contributed by atoms with Crippen molar-refractivity contribution in [2.75, 3.05) is 25.1 Å². The molecule has 6 heteroatoms. The summed E-state index contributed by atoms with van der Waals surface area (Å²) in [5.74, 6) is 0.617. The van der Waals surface area contributed by atoms with Crippen molar-refractivity contribution in [3.8, 4) is 5.88 Å². The van der Waals surface area contributed by atoms with Crippen LogP contribution < -0.4 is 15.0 Å². The molecular formula is C16H25N3O3. The van der Waals surface area contributed by atoms with Crippen molar-refractivity contribution in [3.63, 3.8) is 0 Å². The molecule has 1 aromatic rings. The number of anilines is 1. The molecule has 1 aromatic heterocycles. The zero-order valence-electron chi connectivity index (χ0n) is 13.8. The predicted octanol–water partition coefficient (Wildman–Crippen LogP) is 2.58. The third kappa shape index (κ3) is 4.79. The van der Waals surface area contributed by atoms with Crippen molar-refractivity contribution >= 4 is 11.8 Å². The van der Waals surface area contributed by atoms with E-state index in [0.29, 0.717) is 5.88 Å². The number of nitrogens with zero attached hydrogens (tertiary/aromatic N) is 2. The lowest BCUT2D eigenvalue weighted by molar-refractivity contribution is 0.0497. The molecule has 2 rings (SSSR count). The van der Waals surface area contributed by atoms with E-state index >= 15 is 0 Å².